The lowest BCUT2D eigenvalue weighted by molar-refractivity contribution is -0.127. The largest absolute Gasteiger partial charge is 0.381 e. The van der Waals surface area contributed by atoms with Crippen LogP contribution in [-0.4, -0.2) is 75.2 Å². The van der Waals surface area contributed by atoms with Gasteiger partial charge in [0, 0.05) is 46.9 Å². The third-order valence-electron chi connectivity index (χ3n) is 4.56. The van der Waals surface area contributed by atoms with Crippen LogP contribution in [0.5, 0.6) is 0 Å². The van der Waals surface area contributed by atoms with Gasteiger partial charge in [-0.2, -0.15) is 0 Å². The van der Waals surface area contributed by atoms with Gasteiger partial charge in [0.15, 0.2) is 5.96 Å². The van der Waals surface area contributed by atoms with Gasteiger partial charge in [0.1, 0.15) is 6.54 Å². The molecule has 2 saturated heterocycles. The molecule has 6 nitrogen and oxygen atoms in total. The standard InChI is InChI=1S/C16H28N4O2.HI/c1-4-8-17-15(18-12-14(21)19(2)3)20-9-5-16(13-20)6-10-22-11-7-16;/h4H,1,5-13H2,2-3H3,(H,17,18);1H. The van der Waals surface area contributed by atoms with E-state index in [9.17, 15) is 4.79 Å². The van der Waals surface area contributed by atoms with Crippen molar-refractivity contribution in [2.75, 3.05) is 53.5 Å². The van der Waals surface area contributed by atoms with E-state index < -0.39 is 0 Å². The molecule has 0 aromatic carbocycles. The summed E-state index contributed by atoms with van der Waals surface area (Å²) < 4.78 is 5.49. The predicted molar refractivity (Wildman–Crippen MR) is 103 cm³/mol. The summed E-state index contributed by atoms with van der Waals surface area (Å²) in [5.74, 6) is 0.830. The zero-order valence-corrected chi connectivity index (χ0v) is 16.5. The number of rotatable bonds is 4. The molecule has 0 unspecified atom stereocenters. The number of aliphatic imine (C=N–C) groups is 1. The molecule has 2 aliphatic rings. The van der Waals surface area contributed by atoms with Gasteiger partial charge >= 0.3 is 0 Å². The molecule has 23 heavy (non-hydrogen) atoms. The number of amides is 1. The van der Waals surface area contributed by atoms with Gasteiger partial charge in [-0.05, 0) is 24.7 Å². The fraction of sp³-hybridized carbons (Fsp3) is 0.750. The van der Waals surface area contributed by atoms with Gasteiger partial charge < -0.3 is 19.9 Å². The predicted octanol–water partition coefficient (Wildman–Crippen LogP) is 1.33. The molecule has 0 aromatic heterocycles. The van der Waals surface area contributed by atoms with E-state index in [1.54, 1.807) is 19.0 Å². The Morgan fingerprint density at radius 2 is 2.09 bits per heavy atom. The molecular weight excluding hydrogens is 407 g/mol. The molecule has 7 heteroatoms. The Bertz CT molecular complexity index is 434. The third-order valence-corrected chi connectivity index (χ3v) is 4.56. The number of likely N-dealkylation sites (N-methyl/N-ethyl adjacent to an activating group) is 1. The fourth-order valence-electron chi connectivity index (χ4n) is 3.04. The number of nitrogens with one attached hydrogen (secondary N) is 1. The second kappa shape index (κ2) is 9.46. The molecule has 1 N–H and O–H groups in total. The number of ether oxygens (including phenoxy) is 1. The second-order valence-electron chi connectivity index (χ2n) is 6.38. The van der Waals surface area contributed by atoms with Gasteiger partial charge in [-0.1, -0.05) is 6.08 Å². The lowest BCUT2D eigenvalue weighted by Gasteiger charge is -2.33. The summed E-state index contributed by atoms with van der Waals surface area (Å²) in [5.41, 5.74) is 0.362. The Hall–Kier alpha value is -0.830. The van der Waals surface area contributed by atoms with Gasteiger partial charge in [0.05, 0.1) is 0 Å². The lowest BCUT2D eigenvalue weighted by atomic mass is 9.80. The zero-order valence-electron chi connectivity index (χ0n) is 14.2. The summed E-state index contributed by atoms with van der Waals surface area (Å²) in [5, 5.41) is 3.28. The highest BCUT2D eigenvalue weighted by Gasteiger charge is 2.40. The Labute approximate surface area is 156 Å². The number of carbonyl (C=O) groups is 1. The van der Waals surface area contributed by atoms with Crippen LogP contribution in [0, 0.1) is 5.41 Å². The molecule has 0 radical (unpaired) electrons. The average Bonchev–Trinajstić information content (AvgIpc) is 2.91. The molecule has 1 amide bonds. The minimum Gasteiger partial charge on any atom is -0.381 e. The molecule has 0 aliphatic carbocycles. The normalized spacial score (nSPS) is 20.1. The Morgan fingerprint density at radius 3 is 2.70 bits per heavy atom. The van der Waals surface area contributed by atoms with Crippen LogP contribution in [0.2, 0.25) is 0 Å². The molecule has 2 aliphatic heterocycles. The minimum absolute atomic E-state index is 0. The summed E-state index contributed by atoms with van der Waals surface area (Å²) in [6, 6.07) is 0. The van der Waals surface area contributed by atoms with Crippen LogP contribution in [0.25, 0.3) is 0 Å². The van der Waals surface area contributed by atoms with Gasteiger partial charge in [0.25, 0.3) is 0 Å². The van der Waals surface area contributed by atoms with Crippen LogP contribution in [0.1, 0.15) is 19.3 Å². The molecule has 2 fully saturated rings. The van der Waals surface area contributed by atoms with Crippen molar-refractivity contribution in [3.63, 3.8) is 0 Å². The van der Waals surface area contributed by atoms with E-state index in [0.29, 0.717) is 12.0 Å². The maximum absolute atomic E-state index is 11.8. The first kappa shape index (κ1) is 20.2. The highest BCUT2D eigenvalue weighted by atomic mass is 127. The summed E-state index contributed by atoms with van der Waals surface area (Å²) >= 11 is 0. The lowest BCUT2D eigenvalue weighted by Crippen LogP contribution is -2.43. The van der Waals surface area contributed by atoms with E-state index in [2.05, 4.69) is 21.8 Å². The quantitative estimate of drug-likeness (QED) is 0.313. The maximum Gasteiger partial charge on any atom is 0.243 e. The molecule has 0 saturated carbocycles. The molecule has 1 spiro atoms. The van der Waals surface area contributed by atoms with Crippen LogP contribution in [-0.2, 0) is 9.53 Å². The van der Waals surface area contributed by atoms with Crippen molar-refractivity contribution in [1.29, 1.82) is 0 Å². The van der Waals surface area contributed by atoms with E-state index in [4.69, 9.17) is 4.74 Å². The molecule has 0 bridgehead atoms. The third kappa shape index (κ3) is 5.63. The van der Waals surface area contributed by atoms with Crippen molar-refractivity contribution in [3.8, 4) is 0 Å². The van der Waals surface area contributed by atoms with Crippen molar-refractivity contribution in [1.82, 2.24) is 15.1 Å². The second-order valence-corrected chi connectivity index (χ2v) is 6.38. The van der Waals surface area contributed by atoms with Crippen LogP contribution < -0.4 is 5.32 Å². The smallest absolute Gasteiger partial charge is 0.243 e. The van der Waals surface area contributed by atoms with Gasteiger partial charge in [-0.15, -0.1) is 30.6 Å². The number of hydrogen-bond acceptors (Lipinski definition) is 3. The van der Waals surface area contributed by atoms with Crippen molar-refractivity contribution >= 4 is 35.8 Å². The molecule has 2 heterocycles. The van der Waals surface area contributed by atoms with E-state index in [1.165, 1.54) is 6.42 Å². The van der Waals surface area contributed by atoms with Crippen molar-refractivity contribution < 1.29 is 9.53 Å². The first-order chi connectivity index (χ1) is 10.6. The highest BCUT2D eigenvalue weighted by molar-refractivity contribution is 14.0. The first-order valence-electron chi connectivity index (χ1n) is 7.98. The van der Waals surface area contributed by atoms with Crippen molar-refractivity contribution in [2.45, 2.75) is 19.3 Å². The minimum atomic E-state index is 0. The molecular formula is C16H29IN4O2. The first-order valence-corrected chi connectivity index (χ1v) is 7.98. The van der Waals surface area contributed by atoms with Crippen LogP contribution in [0.3, 0.4) is 0 Å². The molecule has 132 valence electrons. The Balaban J connectivity index is 0.00000264. The highest BCUT2D eigenvalue weighted by Crippen LogP contribution is 2.39. The van der Waals surface area contributed by atoms with E-state index in [0.717, 1.165) is 45.1 Å². The number of halogens is 1. The number of likely N-dealkylation sites (tertiary alicyclic amines) is 1. The Kier molecular flexibility index (Phi) is 8.32. The average molecular weight is 436 g/mol. The van der Waals surface area contributed by atoms with Gasteiger partial charge in [-0.3, -0.25) is 4.79 Å². The maximum atomic E-state index is 11.8. The zero-order chi connectivity index (χ0) is 16.0. The number of hydrogen-bond donors (Lipinski definition) is 1. The SMILES string of the molecule is C=CCNC(=NCC(=O)N(C)C)N1CCC2(CCOCC2)C1.I. The summed E-state index contributed by atoms with van der Waals surface area (Å²) in [4.78, 5) is 20.1. The molecule has 0 aromatic rings. The molecule has 0 atom stereocenters. The van der Waals surface area contributed by atoms with E-state index in [1.807, 2.05) is 6.08 Å². The van der Waals surface area contributed by atoms with Crippen LogP contribution >= 0.6 is 24.0 Å². The monoisotopic (exact) mass is 436 g/mol. The molecule has 2 rings (SSSR count). The van der Waals surface area contributed by atoms with Crippen molar-refractivity contribution in [3.05, 3.63) is 12.7 Å². The summed E-state index contributed by atoms with van der Waals surface area (Å²) in [6.07, 6.45) is 5.22. The topological polar surface area (TPSA) is 57.2 Å². The number of carbonyl (C=O) groups excluding carboxylic acids is 1. The van der Waals surface area contributed by atoms with E-state index >= 15 is 0 Å². The Morgan fingerprint density at radius 1 is 1.39 bits per heavy atom. The van der Waals surface area contributed by atoms with Crippen molar-refractivity contribution in [2.24, 2.45) is 10.4 Å². The van der Waals surface area contributed by atoms with Crippen LogP contribution in [0.4, 0.5) is 0 Å². The van der Waals surface area contributed by atoms with Gasteiger partial charge in [0.2, 0.25) is 5.91 Å². The summed E-state index contributed by atoms with van der Waals surface area (Å²) in [7, 11) is 3.50. The van der Waals surface area contributed by atoms with Crippen LogP contribution in [0.15, 0.2) is 17.6 Å². The fourth-order valence-corrected chi connectivity index (χ4v) is 3.04. The number of guanidine groups is 1. The summed E-state index contributed by atoms with van der Waals surface area (Å²) in [6.45, 7) is 8.27. The van der Waals surface area contributed by atoms with E-state index in [-0.39, 0.29) is 36.4 Å². The number of nitrogens with zero attached hydrogens (tertiary/aromatic N) is 3. The van der Waals surface area contributed by atoms with Gasteiger partial charge in [-0.25, -0.2) is 4.99 Å².